The molecule has 0 saturated heterocycles. The van der Waals surface area contributed by atoms with Gasteiger partial charge in [-0.1, -0.05) is 35.3 Å². The first-order chi connectivity index (χ1) is 14.5. The SMILES string of the molecule is O=C(CSc1cccc(NC(=O)C2CC2)c1)Nc1nc(-c2ccc(Cl)c(Cl)c2)cs1. The summed E-state index contributed by atoms with van der Waals surface area (Å²) in [6, 6.07) is 12.8. The number of benzene rings is 2. The number of carbonyl (C=O) groups excluding carboxylic acids is 2. The van der Waals surface area contributed by atoms with E-state index in [9.17, 15) is 9.59 Å². The van der Waals surface area contributed by atoms with E-state index in [0.717, 1.165) is 34.7 Å². The molecular weight excluding hydrogens is 461 g/mol. The molecule has 0 atom stereocenters. The standard InChI is InChI=1S/C21H17Cl2N3O2S2/c22-16-7-6-13(8-17(16)23)18-10-30-21(25-18)26-19(27)11-29-15-3-1-2-14(9-15)24-20(28)12-4-5-12/h1-3,6-10,12H,4-5,11H2,(H,24,28)(H,25,26,27). The molecule has 1 aromatic heterocycles. The highest BCUT2D eigenvalue weighted by atomic mass is 35.5. The third-order valence-corrected chi connectivity index (χ3v) is 6.88. The zero-order chi connectivity index (χ0) is 21.1. The number of thiazole rings is 1. The summed E-state index contributed by atoms with van der Waals surface area (Å²) in [6.45, 7) is 0. The topological polar surface area (TPSA) is 71.1 Å². The van der Waals surface area contributed by atoms with Gasteiger partial charge in [-0.3, -0.25) is 9.59 Å². The van der Waals surface area contributed by atoms with Crippen LogP contribution in [0.2, 0.25) is 10.0 Å². The van der Waals surface area contributed by atoms with Crippen molar-refractivity contribution in [1.29, 1.82) is 0 Å². The van der Waals surface area contributed by atoms with E-state index in [1.807, 2.05) is 35.7 Å². The van der Waals surface area contributed by atoms with Crippen molar-refractivity contribution in [3.8, 4) is 11.3 Å². The number of rotatable bonds is 7. The fraction of sp³-hybridized carbons (Fsp3) is 0.190. The molecule has 3 aromatic rings. The van der Waals surface area contributed by atoms with E-state index in [1.165, 1.54) is 23.1 Å². The minimum atomic E-state index is -0.151. The second-order valence-electron chi connectivity index (χ2n) is 6.79. The first-order valence-electron chi connectivity index (χ1n) is 9.22. The average molecular weight is 478 g/mol. The van der Waals surface area contributed by atoms with Crippen LogP contribution in [0.1, 0.15) is 12.8 Å². The van der Waals surface area contributed by atoms with Crippen molar-refractivity contribution >= 4 is 68.9 Å². The first-order valence-corrected chi connectivity index (χ1v) is 11.8. The highest BCUT2D eigenvalue weighted by Gasteiger charge is 2.29. The number of thioether (sulfide) groups is 1. The number of halogens is 2. The smallest absolute Gasteiger partial charge is 0.236 e. The lowest BCUT2D eigenvalue weighted by Crippen LogP contribution is -2.14. The van der Waals surface area contributed by atoms with Gasteiger partial charge in [-0.25, -0.2) is 4.98 Å². The van der Waals surface area contributed by atoms with E-state index in [2.05, 4.69) is 15.6 Å². The number of hydrogen-bond donors (Lipinski definition) is 2. The summed E-state index contributed by atoms with van der Waals surface area (Å²) < 4.78 is 0. The summed E-state index contributed by atoms with van der Waals surface area (Å²) in [6.07, 6.45) is 1.92. The van der Waals surface area contributed by atoms with Gasteiger partial charge >= 0.3 is 0 Å². The summed E-state index contributed by atoms with van der Waals surface area (Å²) >= 11 is 14.8. The van der Waals surface area contributed by atoms with E-state index in [4.69, 9.17) is 23.2 Å². The van der Waals surface area contributed by atoms with Crippen molar-refractivity contribution in [1.82, 2.24) is 4.98 Å². The Balaban J connectivity index is 1.31. The lowest BCUT2D eigenvalue weighted by Gasteiger charge is -2.07. The third-order valence-electron chi connectivity index (χ3n) is 4.39. The molecule has 1 heterocycles. The van der Waals surface area contributed by atoms with Crippen LogP contribution in [-0.2, 0) is 9.59 Å². The molecule has 0 radical (unpaired) electrons. The zero-order valence-electron chi connectivity index (χ0n) is 15.7. The summed E-state index contributed by atoms with van der Waals surface area (Å²) in [5.74, 6) is 0.305. The van der Waals surface area contributed by atoms with Crippen LogP contribution < -0.4 is 10.6 Å². The molecule has 1 aliphatic carbocycles. The highest BCUT2D eigenvalue weighted by Crippen LogP contribution is 2.32. The molecule has 154 valence electrons. The van der Waals surface area contributed by atoms with E-state index in [0.29, 0.717) is 15.2 Å². The summed E-state index contributed by atoms with van der Waals surface area (Å²) in [4.78, 5) is 29.6. The van der Waals surface area contributed by atoms with Gasteiger partial charge in [0.05, 0.1) is 21.5 Å². The molecule has 2 aromatic carbocycles. The Labute approximate surface area is 192 Å². The van der Waals surface area contributed by atoms with E-state index >= 15 is 0 Å². The molecule has 1 saturated carbocycles. The van der Waals surface area contributed by atoms with Crippen molar-refractivity contribution in [3.05, 3.63) is 57.9 Å². The Morgan fingerprint density at radius 1 is 1.10 bits per heavy atom. The Morgan fingerprint density at radius 2 is 1.93 bits per heavy atom. The van der Waals surface area contributed by atoms with Crippen LogP contribution >= 0.6 is 46.3 Å². The van der Waals surface area contributed by atoms with Crippen LogP contribution in [0, 0.1) is 5.92 Å². The predicted octanol–water partition coefficient (Wildman–Crippen LogP) is 6.20. The van der Waals surface area contributed by atoms with Crippen LogP contribution in [0.25, 0.3) is 11.3 Å². The molecule has 2 N–H and O–H groups in total. The van der Waals surface area contributed by atoms with Gasteiger partial charge in [-0.15, -0.1) is 23.1 Å². The van der Waals surface area contributed by atoms with Crippen molar-refractivity contribution in [3.63, 3.8) is 0 Å². The van der Waals surface area contributed by atoms with Crippen LogP contribution in [0.4, 0.5) is 10.8 Å². The van der Waals surface area contributed by atoms with Crippen molar-refractivity contribution in [2.75, 3.05) is 16.4 Å². The number of nitrogens with one attached hydrogen (secondary N) is 2. The maximum atomic E-state index is 12.3. The quantitative estimate of drug-likeness (QED) is 0.397. The minimum Gasteiger partial charge on any atom is -0.326 e. The largest absolute Gasteiger partial charge is 0.326 e. The Hall–Kier alpha value is -2.06. The summed E-state index contributed by atoms with van der Waals surface area (Å²) in [7, 11) is 0. The number of anilines is 2. The predicted molar refractivity (Wildman–Crippen MR) is 125 cm³/mol. The maximum absolute atomic E-state index is 12.3. The molecule has 1 aliphatic rings. The second-order valence-corrected chi connectivity index (χ2v) is 9.52. The Kier molecular flexibility index (Phi) is 6.63. The van der Waals surface area contributed by atoms with Gasteiger partial charge in [0.25, 0.3) is 0 Å². The fourth-order valence-electron chi connectivity index (χ4n) is 2.68. The monoisotopic (exact) mass is 477 g/mol. The molecule has 5 nitrogen and oxygen atoms in total. The van der Waals surface area contributed by atoms with E-state index in [1.54, 1.807) is 12.1 Å². The molecule has 30 heavy (non-hydrogen) atoms. The van der Waals surface area contributed by atoms with Crippen LogP contribution in [0.3, 0.4) is 0 Å². The summed E-state index contributed by atoms with van der Waals surface area (Å²) in [5.41, 5.74) is 2.31. The van der Waals surface area contributed by atoms with Crippen molar-refractivity contribution < 1.29 is 9.59 Å². The minimum absolute atomic E-state index is 0.0661. The van der Waals surface area contributed by atoms with Crippen LogP contribution in [-0.4, -0.2) is 22.6 Å². The Bertz CT molecular complexity index is 1100. The van der Waals surface area contributed by atoms with Gasteiger partial charge in [0.2, 0.25) is 11.8 Å². The molecular formula is C21H17Cl2N3O2S2. The second kappa shape index (κ2) is 9.39. The van der Waals surface area contributed by atoms with Gasteiger partial charge in [0, 0.05) is 27.4 Å². The van der Waals surface area contributed by atoms with Gasteiger partial charge in [-0.05, 0) is 43.2 Å². The lowest BCUT2D eigenvalue weighted by molar-refractivity contribution is -0.117. The Morgan fingerprint density at radius 3 is 2.70 bits per heavy atom. The van der Waals surface area contributed by atoms with Gasteiger partial charge in [-0.2, -0.15) is 0 Å². The van der Waals surface area contributed by atoms with Gasteiger partial charge in [0.1, 0.15) is 0 Å². The molecule has 0 aliphatic heterocycles. The van der Waals surface area contributed by atoms with Crippen LogP contribution in [0.15, 0.2) is 52.7 Å². The number of amides is 2. The average Bonchev–Trinajstić information content (AvgIpc) is 3.49. The van der Waals surface area contributed by atoms with E-state index in [-0.39, 0.29) is 23.5 Å². The molecule has 2 amide bonds. The van der Waals surface area contributed by atoms with Crippen molar-refractivity contribution in [2.45, 2.75) is 17.7 Å². The van der Waals surface area contributed by atoms with Gasteiger partial charge in [0.15, 0.2) is 5.13 Å². The molecule has 0 spiro atoms. The fourth-order valence-corrected chi connectivity index (χ4v) is 4.47. The van der Waals surface area contributed by atoms with Crippen molar-refractivity contribution in [2.24, 2.45) is 5.92 Å². The lowest BCUT2D eigenvalue weighted by atomic mass is 10.2. The number of hydrogen-bond acceptors (Lipinski definition) is 5. The zero-order valence-corrected chi connectivity index (χ0v) is 18.8. The molecule has 1 fully saturated rings. The molecule has 4 rings (SSSR count). The van der Waals surface area contributed by atoms with E-state index < -0.39 is 0 Å². The molecule has 9 heteroatoms. The summed E-state index contributed by atoms with van der Waals surface area (Å²) in [5, 5.41) is 9.05. The number of nitrogens with zero attached hydrogens (tertiary/aromatic N) is 1. The van der Waals surface area contributed by atoms with Crippen LogP contribution in [0.5, 0.6) is 0 Å². The normalized spacial score (nSPS) is 13.1. The molecule has 0 unspecified atom stereocenters. The molecule has 0 bridgehead atoms. The maximum Gasteiger partial charge on any atom is 0.236 e. The number of aromatic nitrogens is 1. The highest BCUT2D eigenvalue weighted by molar-refractivity contribution is 8.00. The van der Waals surface area contributed by atoms with Gasteiger partial charge < -0.3 is 10.6 Å². The number of carbonyl (C=O) groups is 2. The first kappa shape index (κ1) is 21.2. The third kappa shape index (κ3) is 5.55.